The molecular formula is C8H15N3S. The van der Waals surface area contributed by atoms with Gasteiger partial charge in [0.15, 0.2) is 5.13 Å². The van der Waals surface area contributed by atoms with E-state index in [0.717, 1.165) is 25.0 Å². The Hall–Kier alpha value is -0.610. The van der Waals surface area contributed by atoms with Crippen LogP contribution in [-0.2, 0) is 6.42 Å². The quantitative estimate of drug-likeness (QED) is 0.745. The number of thiazole rings is 1. The highest BCUT2D eigenvalue weighted by Gasteiger charge is 2.05. The zero-order valence-electron chi connectivity index (χ0n) is 7.29. The van der Waals surface area contributed by atoms with Crippen molar-refractivity contribution < 1.29 is 0 Å². The molecule has 1 heterocycles. The van der Waals surface area contributed by atoms with Gasteiger partial charge in [0.25, 0.3) is 0 Å². The van der Waals surface area contributed by atoms with Gasteiger partial charge in [0.05, 0.1) is 5.69 Å². The molecule has 4 heteroatoms. The maximum absolute atomic E-state index is 5.85. The predicted molar refractivity (Wildman–Crippen MR) is 53.1 cm³/mol. The first-order valence-corrected chi connectivity index (χ1v) is 5.05. The third kappa shape index (κ3) is 2.79. The predicted octanol–water partition coefficient (Wildman–Crippen LogP) is 1.40. The molecule has 0 aliphatic carbocycles. The van der Waals surface area contributed by atoms with Gasteiger partial charge in [-0.2, -0.15) is 0 Å². The monoisotopic (exact) mass is 185 g/mol. The topological polar surface area (TPSA) is 64.9 Å². The van der Waals surface area contributed by atoms with Crippen LogP contribution < -0.4 is 11.5 Å². The molecule has 0 spiro atoms. The van der Waals surface area contributed by atoms with E-state index in [4.69, 9.17) is 11.5 Å². The molecular weight excluding hydrogens is 170 g/mol. The van der Waals surface area contributed by atoms with Crippen LogP contribution in [0.25, 0.3) is 0 Å². The van der Waals surface area contributed by atoms with Gasteiger partial charge < -0.3 is 11.5 Å². The molecule has 3 nitrogen and oxygen atoms in total. The molecule has 1 atom stereocenters. The summed E-state index contributed by atoms with van der Waals surface area (Å²) in [6.45, 7) is 2.13. The molecule has 0 saturated carbocycles. The molecule has 0 saturated heterocycles. The maximum Gasteiger partial charge on any atom is 0.180 e. The lowest BCUT2D eigenvalue weighted by Gasteiger charge is -2.06. The van der Waals surface area contributed by atoms with E-state index in [2.05, 4.69) is 11.9 Å². The van der Waals surface area contributed by atoms with Gasteiger partial charge in [-0.15, -0.1) is 11.3 Å². The molecule has 0 radical (unpaired) electrons. The molecule has 4 N–H and O–H groups in total. The van der Waals surface area contributed by atoms with Crippen molar-refractivity contribution in [3.8, 4) is 0 Å². The van der Waals surface area contributed by atoms with Gasteiger partial charge in [0.1, 0.15) is 0 Å². The van der Waals surface area contributed by atoms with Crippen LogP contribution in [-0.4, -0.2) is 11.0 Å². The smallest absolute Gasteiger partial charge is 0.180 e. The highest BCUT2D eigenvalue weighted by molar-refractivity contribution is 7.13. The van der Waals surface area contributed by atoms with Crippen LogP contribution in [0.5, 0.6) is 0 Å². The van der Waals surface area contributed by atoms with Crippen molar-refractivity contribution in [1.82, 2.24) is 4.98 Å². The van der Waals surface area contributed by atoms with Gasteiger partial charge in [0, 0.05) is 17.8 Å². The molecule has 0 aliphatic heterocycles. The van der Waals surface area contributed by atoms with Crippen LogP contribution in [0.15, 0.2) is 5.38 Å². The van der Waals surface area contributed by atoms with Crippen molar-refractivity contribution in [3.63, 3.8) is 0 Å². The Balaban J connectivity index is 2.41. The Morgan fingerprint density at radius 1 is 1.67 bits per heavy atom. The summed E-state index contributed by atoms with van der Waals surface area (Å²) < 4.78 is 0. The summed E-state index contributed by atoms with van der Waals surface area (Å²) in [5, 5.41) is 2.61. The minimum absolute atomic E-state index is 0.233. The molecule has 68 valence electrons. The fraction of sp³-hybridized carbons (Fsp3) is 0.625. The van der Waals surface area contributed by atoms with Gasteiger partial charge >= 0.3 is 0 Å². The molecule has 0 bridgehead atoms. The minimum Gasteiger partial charge on any atom is -0.375 e. The zero-order chi connectivity index (χ0) is 8.97. The first kappa shape index (κ1) is 9.48. The standard InChI is InChI=1S/C8H15N3S/c1-2-3-6(9)4-7-5-12-8(10)11-7/h5-6H,2-4,9H2,1H3,(H2,10,11). The minimum atomic E-state index is 0.233. The second kappa shape index (κ2) is 4.42. The normalized spacial score (nSPS) is 13.2. The van der Waals surface area contributed by atoms with Crippen LogP contribution in [0.1, 0.15) is 25.5 Å². The van der Waals surface area contributed by atoms with E-state index in [-0.39, 0.29) is 6.04 Å². The lowest BCUT2D eigenvalue weighted by Crippen LogP contribution is -2.22. The van der Waals surface area contributed by atoms with Crippen LogP contribution in [0.3, 0.4) is 0 Å². The Bertz CT molecular complexity index is 234. The molecule has 0 fully saturated rings. The van der Waals surface area contributed by atoms with Crippen molar-refractivity contribution in [3.05, 3.63) is 11.1 Å². The van der Waals surface area contributed by atoms with E-state index < -0.39 is 0 Å². The maximum atomic E-state index is 5.85. The number of anilines is 1. The number of rotatable bonds is 4. The fourth-order valence-corrected chi connectivity index (χ4v) is 1.73. The zero-order valence-corrected chi connectivity index (χ0v) is 8.10. The number of nitrogens with zero attached hydrogens (tertiary/aromatic N) is 1. The number of nitrogen functional groups attached to an aromatic ring is 1. The summed E-state index contributed by atoms with van der Waals surface area (Å²) in [6.07, 6.45) is 3.03. The number of nitrogens with two attached hydrogens (primary N) is 2. The SMILES string of the molecule is CCCC(N)Cc1csc(N)n1. The van der Waals surface area contributed by atoms with E-state index in [1.54, 1.807) is 0 Å². The number of hydrogen-bond acceptors (Lipinski definition) is 4. The van der Waals surface area contributed by atoms with Gasteiger partial charge in [-0.05, 0) is 6.42 Å². The Kier molecular flexibility index (Phi) is 3.49. The van der Waals surface area contributed by atoms with Crippen LogP contribution in [0.2, 0.25) is 0 Å². The molecule has 12 heavy (non-hydrogen) atoms. The number of hydrogen-bond donors (Lipinski definition) is 2. The highest BCUT2D eigenvalue weighted by Crippen LogP contribution is 2.13. The van der Waals surface area contributed by atoms with Crippen molar-refractivity contribution in [2.24, 2.45) is 5.73 Å². The molecule has 0 aromatic carbocycles. The average Bonchev–Trinajstić information content (AvgIpc) is 2.36. The van der Waals surface area contributed by atoms with Crippen LogP contribution in [0.4, 0.5) is 5.13 Å². The van der Waals surface area contributed by atoms with E-state index in [9.17, 15) is 0 Å². The van der Waals surface area contributed by atoms with Crippen molar-refractivity contribution in [1.29, 1.82) is 0 Å². The van der Waals surface area contributed by atoms with E-state index in [1.165, 1.54) is 11.3 Å². The van der Waals surface area contributed by atoms with E-state index in [1.807, 2.05) is 5.38 Å². The first-order valence-electron chi connectivity index (χ1n) is 4.17. The summed E-state index contributed by atoms with van der Waals surface area (Å²) in [5.41, 5.74) is 12.4. The summed E-state index contributed by atoms with van der Waals surface area (Å²) in [7, 11) is 0. The van der Waals surface area contributed by atoms with Gasteiger partial charge in [-0.1, -0.05) is 13.3 Å². The number of aromatic nitrogens is 1. The van der Waals surface area contributed by atoms with E-state index >= 15 is 0 Å². The largest absolute Gasteiger partial charge is 0.375 e. The Labute approximate surface area is 76.8 Å². The Morgan fingerprint density at radius 2 is 2.42 bits per heavy atom. The molecule has 1 aromatic heterocycles. The van der Waals surface area contributed by atoms with E-state index in [0.29, 0.717) is 5.13 Å². The second-order valence-corrected chi connectivity index (χ2v) is 3.82. The lowest BCUT2D eigenvalue weighted by molar-refractivity contribution is 0.595. The lowest BCUT2D eigenvalue weighted by atomic mass is 10.1. The fourth-order valence-electron chi connectivity index (χ4n) is 1.16. The summed E-state index contributed by atoms with van der Waals surface area (Å²) in [6, 6.07) is 0.233. The van der Waals surface area contributed by atoms with Crippen LogP contribution in [0, 0.1) is 0 Å². The summed E-state index contributed by atoms with van der Waals surface area (Å²) >= 11 is 1.48. The summed E-state index contributed by atoms with van der Waals surface area (Å²) in [4.78, 5) is 4.15. The molecule has 1 unspecified atom stereocenters. The van der Waals surface area contributed by atoms with Gasteiger partial charge in [-0.3, -0.25) is 0 Å². The van der Waals surface area contributed by atoms with Gasteiger partial charge in [-0.25, -0.2) is 4.98 Å². The average molecular weight is 185 g/mol. The van der Waals surface area contributed by atoms with Gasteiger partial charge in [0.2, 0.25) is 0 Å². The summed E-state index contributed by atoms with van der Waals surface area (Å²) in [5.74, 6) is 0. The first-order chi connectivity index (χ1) is 5.72. The third-order valence-electron chi connectivity index (χ3n) is 1.70. The van der Waals surface area contributed by atoms with Crippen LogP contribution >= 0.6 is 11.3 Å². The molecule has 0 aliphatic rings. The highest BCUT2D eigenvalue weighted by atomic mass is 32.1. The Morgan fingerprint density at radius 3 is 2.92 bits per heavy atom. The van der Waals surface area contributed by atoms with Crippen molar-refractivity contribution >= 4 is 16.5 Å². The second-order valence-electron chi connectivity index (χ2n) is 2.93. The van der Waals surface area contributed by atoms with Crippen molar-refractivity contribution in [2.75, 3.05) is 5.73 Å². The molecule has 1 aromatic rings. The molecule has 1 rings (SSSR count). The third-order valence-corrected chi connectivity index (χ3v) is 2.42. The van der Waals surface area contributed by atoms with Crippen molar-refractivity contribution in [2.45, 2.75) is 32.2 Å². The molecule has 0 amide bonds.